The van der Waals surface area contributed by atoms with Crippen LogP contribution >= 0.6 is 0 Å². The number of nitrogens with one attached hydrogen (secondary N) is 1. The van der Waals surface area contributed by atoms with E-state index in [1.54, 1.807) is 0 Å². The lowest BCUT2D eigenvalue weighted by atomic mass is 9.86. The largest absolute Gasteiger partial charge is 0.376 e. The summed E-state index contributed by atoms with van der Waals surface area (Å²) in [5.74, 6) is 0.676. The molecule has 1 N–H and O–H groups in total. The van der Waals surface area contributed by atoms with Crippen LogP contribution in [0, 0.1) is 5.92 Å². The molecule has 1 aliphatic rings. The number of hydrogen-bond acceptors (Lipinski definition) is 3. The summed E-state index contributed by atoms with van der Waals surface area (Å²) in [6, 6.07) is 0.620. The molecular weight excluding hydrogens is 248 g/mol. The Bertz CT molecular complexity index is 297. The van der Waals surface area contributed by atoms with Gasteiger partial charge in [0.25, 0.3) is 0 Å². The SMILES string of the molecule is C=C(C)COCCN1CC(CC)(CC)NCC1C(C)C. The summed E-state index contributed by atoms with van der Waals surface area (Å²) >= 11 is 0. The molecule has 1 fully saturated rings. The number of ether oxygens (including phenoxy) is 1. The zero-order valence-electron chi connectivity index (χ0n) is 14.2. The highest BCUT2D eigenvalue weighted by Gasteiger charge is 2.37. The van der Waals surface area contributed by atoms with Crippen LogP contribution in [-0.4, -0.2) is 49.3 Å². The summed E-state index contributed by atoms with van der Waals surface area (Å²) in [5.41, 5.74) is 1.39. The third-order valence-electron chi connectivity index (χ3n) is 4.66. The van der Waals surface area contributed by atoms with Crippen LogP contribution in [0.3, 0.4) is 0 Å². The molecule has 1 saturated heterocycles. The number of rotatable bonds is 8. The van der Waals surface area contributed by atoms with E-state index < -0.39 is 0 Å². The Morgan fingerprint density at radius 2 is 2.05 bits per heavy atom. The second-order valence-corrected chi connectivity index (χ2v) is 6.66. The van der Waals surface area contributed by atoms with Gasteiger partial charge < -0.3 is 10.1 Å². The molecule has 0 amide bonds. The van der Waals surface area contributed by atoms with Crippen molar-refractivity contribution >= 4 is 0 Å². The molecule has 3 nitrogen and oxygen atoms in total. The van der Waals surface area contributed by atoms with Crippen molar-refractivity contribution in [2.75, 3.05) is 32.8 Å². The van der Waals surface area contributed by atoms with Gasteiger partial charge >= 0.3 is 0 Å². The predicted molar refractivity (Wildman–Crippen MR) is 87.1 cm³/mol. The lowest BCUT2D eigenvalue weighted by molar-refractivity contribution is 0.0254. The summed E-state index contributed by atoms with van der Waals surface area (Å²) in [7, 11) is 0. The van der Waals surface area contributed by atoms with Gasteiger partial charge in [-0.25, -0.2) is 0 Å². The molecule has 1 rings (SSSR count). The molecule has 0 aromatic carbocycles. The fraction of sp³-hybridized carbons (Fsp3) is 0.882. The van der Waals surface area contributed by atoms with Crippen molar-refractivity contribution in [3.63, 3.8) is 0 Å². The topological polar surface area (TPSA) is 24.5 Å². The van der Waals surface area contributed by atoms with Crippen LogP contribution in [0.1, 0.15) is 47.5 Å². The molecule has 0 aliphatic carbocycles. The first-order chi connectivity index (χ1) is 9.44. The maximum Gasteiger partial charge on any atom is 0.0672 e. The van der Waals surface area contributed by atoms with E-state index in [-0.39, 0.29) is 0 Å². The molecule has 1 aliphatic heterocycles. The van der Waals surface area contributed by atoms with Gasteiger partial charge in [-0.15, -0.1) is 0 Å². The highest BCUT2D eigenvalue weighted by molar-refractivity contribution is 4.97. The summed E-state index contributed by atoms with van der Waals surface area (Å²) in [6.45, 7) is 19.9. The Balaban J connectivity index is 2.57. The molecule has 1 atom stereocenters. The average molecular weight is 282 g/mol. The van der Waals surface area contributed by atoms with Crippen LogP contribution in [0.5, 0.6) is 0 Å². The van der Waals surface area contributed by atoms with E-state index in [2.05, 4.69) is 44.5 Å². The van der Waals surface area contributed by atoms with Crippen molar-refractivity contribution in [1.82, 2.24) is 10.2 Å². The zero-order valence-corrected chi connectivity index (χ0v) is 14.2. The molecule has 0 bridgehead atoms. The Kier molecular flexibility index (Phi) is 7.21. The van der Waals surface area contributed by atoms with Gasteiger partial charge in [0.1, 0.15) is 0 Å². The molecule has 0 aromatic heterocycles. The molecule has 1 unspecified atom stereocenters. The maximum absolute atomic E-state index is 5.70. The van der Waals surface area contributed by atoms with Crippen LogP contribution in [0.2, 0.25) is 0 Å². The molecule has 0 aromatic rings. The van der Waals surface area contributed by atoms with Crippen molar-refractivity contribution in [3.8, 4) is 0 Å². The molecule has 118 valence electrons. The van der Waals surface area contributed by atoms with Crippen LogP contribution in [0.15, 0.2) is 12.2 Å². The second kappa shape index (κ2) is 8.16. The number of piperazine rings is 1. The van der Waals surface area contributed by atoms with Crippen molar-refractivity contribution in [3.05, 3.63) is 12.2 Å². The molecule has 20 heavy (non-hydrogen) atoms. The first kappa shape index (κ1) is 17.7. The highest BCUT2D eigenvalue weighted by atomic mass is 16.5. The lowest BCUT2D eigenvalue weighted by Crippen LogP contribution is -2.65. The van der Waals surface area contributed by atoms with Gasteiger partial charge in [0.2, 0.25) is 0 Å². The normalized spacial score (nSPS) is 23.2. The van der Waals surface area contributed by atoms with Gasteiger partial charge in [-0.3, -0.25) is 4.90 Å². The first-order valence-electron chi connectivity index (χ1n) is 8.15. The van der Waals surface area contributed by atoms with Gasteiger partial charge in [0.05, 0.1) is 13.2 Å². The Hall–Kier alpha value is -0.380. The Labute approximate surface area is 125 Å². The minimum absolute atomic E-state index is 0.291. The minimum Gasteiger partial charge on any atom is -0.376 e. The fourth-order valence-electron chi connectivity index (χ4n) is 3.07. The van der Waals surface area contributed by atoms with E-state index in [9.17, 15) is 0 Å². The van der Waals surface area contributed by atoms with Crippen LogP contribution < -0.4 is 5.32 Å². The minimum atomic E-state index is 0.291. The van der Waals surface area contributed by atoms with Crippen LogP contribution in [-0.2, 0) is 4.74 Å². The zero-order chi connectivity index (χ0) is 15.2. The quantitative estimate of drug-likeness (QED) is 0.547. The Morgan fingerprint density at radius 1 is 1.40 bits per heavy atom. The average Bonchev–Trinajstić information content (AvgIpc) is 2.42. The monoisotopic (exact) mass is 282 g/mol. The van der Waals surface area contributed by atoms with Crippen molar-refractivity contribution < 1.29 is 4.74 Å². The molecular formula is C17H34N2O. The molecule has 0 radical (unpaired) electrons. The molecule has 3 heteroatoms. The predicted octanol–water partition coefficient (Wildman–Crippen LogP) is 3.07. The van der Waals surface area contributed by atoms with E-state index in [1.165, 1.54) is 12.8 Å². The van der Waals surface area contributed by atoms with E-state index in [4.69, 9.17) is 4.74 Å². The summed E-state index contributed by atoms with van der Waals surface area (Å²) < 4.78 is 5.70. The highest BCUT2D eigenvalue weighted by Crippen LogP contribution is 2.25. The second-order valence-electron chi connectivity index (χ2n) is 6.66. The standard InChI is InChI=1S/C17H34N2O/c1-7-17(8-2)13-19(9-10-20-12-14(3)4)16(11-18-17)15(5)6/h15-16,18H,3,7-13H2,1-2,4-6H3. The van der Waals surface area contributed by atoms with Crippen molar-refractivity contribution in [2.24, 2.45) is 5.92 Å². The van der Waals surface area contributed by atoms with E-state index >= 15 is 0 Å². The van der Waals surface area contributed by atoms with Gasteiger partial charge in [-0.2, -0.15) is 0 Å². The Morgan fingerprint density at radius 3 is 2.55 bits per heavy atom. The summed E-state index contributed by atoms with van der Waals surface area (Å²) in [4.78, 5) is 2.63. The third kappa shape index (κ3) is 4.87. The number of hydrogen-bond donors (Lipinski definition) is 1. The molecule has 0 spiro atoms. The van der Waals surface area contributed by atoms with Crippen molar-refractivity contribution in [1.29, 1.82) is 0 Å². The summed E-state index contributed by atoms with van der Waals surface area (Å²) in [5, 5.41) is 3.81. The van der Waals surface area contributed by atoms with Gasteiger partial charge in [0.15, 0.2) is 0 Å². The van der Waals surface area contributed by atoms with Crippen LogP contribution in [0.25, 0.3) is 0 Å². The van der Waals surface area contributed by atoms with Crippen LogP contribution in [0.4, 0.5) is 0 Å². The van der Waals surface area contributed by atoms with E-state index in [0.717, 1.165) is 31.8 Å². The van der Waals surface area contributed by atoms with Crippen molar-refractivity contribution in [2.45, 2.75) is 59.0 Å². The van der Waals surface area contributed by atoms with Gasteiger partial charge in [-0.05, 0) is 25.7 Å². The summed E-state index contributed by atoms with van der Waals surface area (Å²) in [6.07, 6.45) is 2.38. The third-order valence-corrected chi connectivity index (χ3v) is 4.66. The smallest absolute Gasteiger partial charge is 0.0672 e. The first-order valence-corrected chi connectivity index (χ1v) is 8.15. The molecule has 1 heterocycles. The molecule has 0 saturated carbocycles. The van der Waals surface area contributed by atoms with Gasteiger partial charge in [-0.1, -0.05) is 39.8 Å². The fourth-order valence-corrected chi connectivity index (χ4v) is 3.07. The maximum atomic E-state index is 5.70. The van der Waals surface area contributed by atoms with E-state index in [0.29, 0.717) is 24.1 Å². The van der Waals surface area contributed by atoms with E-state index in [1.807, 2.05) is 6.92 Å². The lowest BCUT2D eigenvalue weighted by Gasteiger charge is -2.49. The van der Waals surface area contributed by atoms with Gasteiger partial charge in [0, 0.05) is 31.2 Å². The number of nitrogens with zero attached hydrogens (tertiary/aromatic N) is 1.